The van der Waals surface area contributed by atoms with E-state index < -0.39 is 6.10 Å². The molecule has 1 atom stereocenters. The zero-order chi connectivity index (χ0) is 8.27. The van der Waals surface area contributed by atoms with Crippen LogP contribution in [0.25, 0.3) is 0 Å². The lowest BCUT2D eigenvalue weighted by Gasteiger charge is -2.08. The molecule has 60 valence electrons. The van der Waals surface area contributed by atoms with Crippen LogP contribution in [0.3, 0.4) is 0 Å². The first-order chi connectivity index (χ1) is 5.25. The number of halogens is 1. The molecule has 0 radical (unpaired) electrons. The second-order valence-corrected chi connectivity index (χ2v) is 2.56. The predicted octanol–water partition coefficient (Wildman–Crippen LogP) is 0.727. The van der Waals surface area contributed by atoms with Crippen LogP contribution in [0, 0.1) is 0 Å². The third-order valence-electron chi connectivity index (χ3n) is 1.39. The highest BCUT2D eigenvalue weighted by molar-refractivity contribution is 6.31. The van der Waals surface area contributed by atoms with E-state index in [4.69, 9.17) is 17.3 Å². The van der Waals surface area contributed by atoms with Crippen LogP contribution < -0.4 is 5.73 Å². The Bertz CT molecular complexity index is 242. The van der Waals surface area contributed by atoms with Gasteiger partial charge in [-0.05, 0) is 6.07 Å². The van der Waals surface area contributed by atoms with Gasteiger partial charge in [0.1, 0.15) is 0 Å². The van der Waals surface area contributed by atoms with Crippen LogP contribution >= 0.6 is 11.6 Å². The molecule has 1 aromatic heterocycles. The summed E-state index contributed by atoms with van der Waals surface area (Å²) in [6.45, 7) is 0.170. The molecule has 0 fully saturated rings. The molecule has 0 aliphatic heterocycles. The van der Waals surface area contributed by atoms with E-state index in [1.54, 1.807) is 12.3 Å². The van der Waals surface area contributed by atoms with Gasteiger partial charge in [-0.2, -0.15) is 0 Å². The summed E-state index contributed by atoms with van der Waals surface area (Å²) in [5.74, 6) is 0. The summed E-state index contributed by atoms with van der Waals surface area (Å²) >= 11 is 5.72. The number of hydrogen-bond donors (Lipinski definition) is 2. The van der Waals surface area contributed by atoms with Gasteiger partial charge in [0.2, 0.25) is 0 Å². The number of nitrogens with zero attached hydrogens (tertiary/aromatic N) is 1. The highest BCUT2D eigenvalue weighted by Crippen LogP contribution is 2.19. The van der Waals surface area contributed by atoms with E-state index in [9.17, 15) is 5.11 Å². The third-order valence-corrected chi connectivity index (χ3v) is 1.70. The Balaban J connectivity index is 2.93. The zero-order valence-electron chi connectivity index (χ0n) is 5.87. The first-order valence-corrected chi connectivity index (χ1v) is 3.61. The molecule has 0 amide bonds. The van der Waals surface area contributed by atoms with Gasteiger partial charge in [-0.1, -0.05) is 11.6 Å². The Labute approximate surface area is 69.8 Å². The Morgan fingerprint density at radius 2 is 2.45 bits per heavy atom. The van der Waals surface area contributed by atoms with Crippen LogP contribution in [0.1, 0.15) is 11.7 Å². The SMILES string of the molecule is NC[C@@H](O)c1ccncc1Cl. The number of nitrogens with two attached hydrogens (primary N) is 1. The monoisotopic (exact) mass is 172 g/mol. The van der Waals surface area contributed by atoms with E-state index in [-0.39, 0.29) is 6.54 Å². The lowest BCUT2D eigenvalue weighted by Crippen LogP contribution is -2.11. The molecule has 0 spiro atoms. The highest BCUT2D eigenvalue weighted by atomic mass is 35.5. The Kier molecular flexibility index (Phi) is 2.82. The number of hydrogen-bond acceptors (Lipinski definition) is 3. The summed E-state index contributed by atoms with van der Waals surface area (Å²) in [5.41, 5.74) is 5.87. The zero-order valence-corrected chi connectivity index (χ0v) is 6.62. The Morgan fingerprint density at radius 1 is 1.73 bits per heavy atom. The first-order valence-electron chi connectivity index (χ1n) is 3.23. The maximum Gasteiger partial charge on any atom is 0.0927 e. The smallest absolute Gasteiger partial charge is 0.0927 e. The molecule has 0 aliphatic carbocycles. The van der Waals surface area contributed by atoms with Crippen LogP contribution in [0.15, 0.2) is 18.5 Å². The maximum absolute atomic E-state index is 9.27. The Morgan fingerprint density at radius 3 is 3.00 bits per heavy atom. The second kappa shape index (κ2) is 3.67. The fourth-order valence-electron chi connectivity index (χ4n) is 0.783. The molecule has 0 bridgehead atoms. The van der Waals surface area contributed by atoms with Crippen molar-refractivity contribution in [2.45, 2.75) is 6.10 Å². The number of aliphatic hydroxyl groups excluding tert-OH is 1. The lowest BCUT2D eigenvalue weighted by atomic mass is 10.1. The van der Waals surface area contributed by atoms with E-state index >= 15 is 0 Å². The van der Waals surface area contributed by atoms with Gasteiger partial charge in [0, 0.05) is 24.5 Å². The molecule has 11 heavy (non-hydrogen) atoms. The van der Waals surface area contributed by atoms with E-state index in [0.717, 1.165) is 0 Å². The van der Waals surface area contributed by atoms with E-state index in [1.165, 1.54) is 6.20 Å². The van der Waals surface area contributed by atoms with Gasteiger partial charge in [0.05, 0.1) is 11.1 Å². The van der Waals surface area contributed by atoms with Crippen molar-refractivity contribution in [2.75, 3.05) is 6.54 Å². The van der Waals surface area contributed by atoms with E-state index in [1.807, 2.05) is 0 Å². The van der Waals surface area contributed by atoms with Crippen molar-refractivity contribution in [3.05, 3.63) is 29.0 Å². The number of aliphatic hydroxyl groups is 1. The molecule has 0 unspecified atom stereocenters. The summed E-state index contributed by atoms with van der Waals surface area (Å²) in [4.78, 5) is 3.78. The molecule has 4 heteroatoms. The van der Waals surface area contributed by atoms with Crippen molar-refractivity contribution >= 4 is 11.6 Å². The van der Waals surface area contributed by atoms with Gasteiger partial charge < -0.3 is 10.8 Å². The maximum atomic E-state index is 9.27. The van der Waals surface area contributed by atoms with Gasteiger partial charge in [0.15, 0.2) is 0 Å². The molecule has 3 N–H and O–H groups in total. The molecule has 0 aliphatic rings. The number of pyridine rings is 1. The van der Waals surface area contributed by atoms with Gasteiger partial charge in [0.25, 0.3) is 0 Å². The molecular weight excluding hydrogens is 164 g/mol. The van der Waals surface area contributed by atoms with Crippen molar-refractivity contribution in [1.82, 2.24) is 4.98 Å². The molecular formula is C7H9ClN2O. The van der Waals surface area contributed by atoms with Gasteiger partial charge in [-0.3, -0.25) is 4.98 Å². The van der Waals surface area contributed by atoms with E-state index in [0.29, 0.717) is 10.6 Å². The molecule has 1 aromatic rings. The average Bonchev–Trinajstić information content (AvgIpc) is 2.04. The summed E-state index contributed by atoms with van der Waals surface area (Å²) in [6.07, 6.45) is 2.36. The molecule has 0 saturated heterocycles. The topological polar surface area (TPSA) is 59.1 Å². The highest BCUT2D eigenvalue weighted by Gasteiger charge is 2.07. The lowest BCUT2D eigenvalue weighted by molar-refractivity contribution is 0.187. The minimum absolute atomic E-state index is 0.170. The van der Waals surface area contributed by atoms with Crippen molar-refractivity contribution in [1.29, 1.82) is 0 Å². The standard InChI is InChI=1S/C7H9ClN2O/c8-6-4-10-2-1-5(6)7(11)3-9/h1-2,4,7,11H,3,9H2/t7-/m1/s1. The van der Waals surface area contributed by atoms with Crippen LogP contribution in [0.5, 0.6) is 0 Å². The number of aromatic nitrogens is 1. The second-order valence-electron chi connectivity index (χ2n) is 2.15. The quantitative estimate of drug-likeness (QED) is 0.692. The van der Waals surface area contributed by atoms with Crippen molar-refractivity contribution in [3.8, 4) is 0 Å². The van der Waals surface area contributed by atoms with Crippen molar-refractivity contribution in [2.24, 2.45) is 5.73 Å². The normalized spacial score (nSPS) is 13.0. The first kappa shape index (κ1) is 8.46. The molecule has 1 heterocycles. The van der Waals surface area contributed by atoms with Crippen LogP contribution in [-0.4, -0.2) is 16.6 Å². The summed E-state index contributed by atoms with van der Waals surface area (Å²) in [5, 5.41) is 9.72. The Hall–Kier alpha value is -0.640. The van der Waals surface area contributed by atoms with Crippen LogP contribution in [0.2, 0.25) is 5.02 Å². The van der Waals surface area contributed by atoms with Crippen molar-refractivity contribution in [3.63, 3.8) is 0 Å². The minimum Gasteiger partial charge on any atom is -0.387 e. The summed E-state index contributed by atoms with van der Waals surface area (Å²) in [6, 6.07) is 1.65. The summed E-state index contributed by atoms with van der Waals surface area (Å²) in [7, 11) is 0. The molecule has 0 aromatic carbocycles. The minimum atomic E-state index is -0.689. The molecule has 3 nitrogen and oxygen atoms in total. The fraction of sp³-hybridized carbons (Fsp3) is 0.286. The van der Waals surface area contributed by atoms with E-state index in [2.05, 4.69) is 4.98 Å². The average molecular weight is 173 g/mol. The van der Waals surface area contributed by atoms with Gasteiger partial charge >= 0.3 is 0 Å². The molecule has 1 rings (SSSR count). The molecule has 0 saturated carbocycles. The largest absolute Gasteiger partial charge is 0.387 e. The fourth-order valence-corrected chi connectivity index (χ4v) is 1.03. The van der Waals surface area contributed by atoms with Crippen molar-refractivity contribution < 1.29 is 5.11 Å². The van der Waals surface area contributed by atoms with Gasteiger partial charge in [-0.15, -0.1) is 0 Å². The summed E-state index contributed by atoms with van der Waals surface area (Å²) < 4.78 is 0. The van der Waals surface area contributed by atoms with Gasteiger partial charge in [-0.25, -0.2) is 0 Å². The predicted molar refractivity (Wildman–Crippen MR) is 43.3 cm³/mol. The van der Waals surface area contributed by atoms with Crippen LogP contribution in [0.4, 0.5) is 0 Å². The third kappa shape index (κ3) is 1.89. The number of rotatable bonds is 2. The van der Waals surface area contributed by atoms with Crippen LogP contribution in [-0.2, 0) is 0 Å².